The van der Waals surface area contributed by atoms with E-state index in [1.165, 1.54) is 0 Å². The molecule has 0 saturated carbocycles. The molecular weight excluding hydrogens is 230 g/mol. The number of nitrogens with one attached hydrogen (secondary N) is 2. The zero-order valence-electron chi connectivity index (χ0n) is 8.82. The molecule has 0 saturated heterocycles. The van der Waals surface area contributed by atoms with Crippen molar-refractivity contribution in [1.29, 1.82) is 0 Å². The summed E-state index contributed by atoms with van der Waals surface area (Å²) in [4.78, 5) is 25.4. The number of aryl methyl sites for hydroxylation is 1. The number of hydrogen-bond acceptors (Lipinski definition) is 4. The van der Waals surface area contributed by atoms with E-state index in [1.807, 2.05) is 12.3 Å². The molecule has 1 aromatic heterocycles. The van der Waals surface area contributed by atoms with Gasteiger partial charge in [-0.3, -0.25) is 4.79 Å². The van der Waals surface area contributed by atoms with Gasteiger partial charge in [-0.1, -0.05) is 0 Å². The average molecular weight is 243 g/mol. The van der Waals surface area contributed by atoms with E-state index in [1.54, 1.807) is 11.3 Å². The molecule has 0 bridgehead atoms. The third-order valence-electron chi connectivity index (χ3n) is 1.69. The van der Waals surface area contributed by atoms with Crippen LogP contribution >= 0.6 is 11.3 Å². The number of amides is 2. The van der Waals surface area contributed by atoms with Crippen LogP contribution in [0.25, 0.3) is 0 Å². The molecular formula is C9H13N3O3S. The average Bonchev–Trinajstić information content (AvgIpc) is 2.61. The molecule has 0 aliphatic carbocycles. The number of aromatic nitrogens is 1. The Hall–Kier alpha value is -1.63. The standard InChI is InChI=1S/C9H13N3O3S/c1-6-5-16-7(12-6)2-3-10-9(15)11-4-8(13)14/h5H,2-4H2,1H3,(H,13,14)(H2,10,11,15). The molecule has 1 aromatic rings. The second-order valence-electron chi connectivity index (χ2n) is 3.14. The molecule has 88 valence electrons. The number of urea groups is 1. The fourth-order valence-electron chi connectivity index (χ4n) is 1.02. The summed E-state index contributed by atoms with van der Waals surface area (Å²) in [6.07, 6.45) is 0.652. The van der Waals surface area contributed by atoms with Crippen molar-refractivity contribution in [1.82, 2.24) is 15.6 Å². The van der Waals surface area contributed by atoms with Crippen molar-refractivity contribution >= 4 is 23.3 Å². The Bertz CT molecular complexity index is 378. The largest absolute Gasteiger partial charge is 0.480 e. The second-order valence-corrected chi connectivity index (χ2v) is 4.08. The Morgan fingerprint density at radius 1 is 1.50 bits per heavy atom. The summed E-state index contributed by atoms with van der Waals surface area (Å²) in [7, 11) is 0. The number of thiazole rings is 1. The van der Waals surface area contributed by atoms with E-state index in [4.69, 9.17) is 5.11 Å². The lowest BCUT2D eigenvalue weighted by Crippen LogP contribution is -2.39. The molecule has 6 nitrogen and oxygen atoms in total. The minimum Gasteiger partial charge on any atom is -0.480 e. The van der Waals surface area contributed by atoms with Gasteiger partial charge in [-0.05, 0) is 6.92 Å². The molecule has 1 heterocycles. The monoisotopic (exact) mass is 243 g/mol. The van der Waals surface area contributed by atoms with Crippen LogP contribution in [0.4, 0.5) is 4.79 Å². The number of carboxylic acid groups (broad SMARTS) is 1. The Labute approximate surface area is 96.7 Å². The van der Waals surface area contributed by atoms with E-state index in [0.717, 1.165) is 10.7 Å². The summed E-state index contributed by atoms with van der Waals surface area (Å²) >= 11 is 1.54. The van der Waals surface area contributed by atoms with E-state index in [-0.39, 0.29) is 6.54 Å². The van der Waals surface area contributed by atoms with Gasteiger partial charge in [0.2, 0.25) is 0 Å². The third kappa shape index (κ3) is 4.74. The summed E-state index contributed by atoms with van der Waals surface area (Å²) in [5.41, 5.74) is 0.968. The minimum absolute atomic E-state index is 0.373. The summed E-state index contributed by atoms with van der Waals surface area (Å²) in [5.74, 6) is -1.06. The molecule has 0 radical (unpaired) electrons. The highest BCUT2D eigenvalue weighted by atomic mass is 32.1. The first-order valence-corrected chi connectivity index (χ1v) is 5.60. The van der Waals surface area contributed by atoms with Gasteiger partial charge in [-0.25, -0.2) is 9.78 Å². The first-order chi connectivity index (χ1) is 7.58. The second kappa shape index (κ2) is 6.06. The quantitative estimate of drug-likeness (QED) is 0.697. The Morgan fingerprint density at radius 3 is 2.81 bits per heavy atom. The highest BCUT2D eigenvalue weighted by Gasteiger charge is 2.03. The van der Waals surface area contributed by atoms with Crippen LogP contribution in [0.5, 0.6) is 0 Å². The molecule has 0 atom stereocenters. The van der Waals surface area contributed by atoms with Gasteiger partial charge < -0.3 is 15.7 Å². The number of nitrogens with zero attached hydrogens (tertiary/aromatic N) is 1. The topological polar surface area (TPSA) is 91.3 Å². The summed E-state index contributed by atoms with van der Waals surface area (Å²) in [6, 6.07) is -0.476. The number of carboxylic acids is 1. The highest BCUT2D eigenvalue weighted by molar-refractivity contribution is 7.09. The van der Waals surface area contributed by atoms with Gasteiger partial charge in [0.15, 0.2) is 0 Å². The Balaban J connectivity index is 2.15. The maximum absolute atomic E-state index is 11.0. The van der Waals surface area contributed by atoms with Crippen LogP contribution in [0.1, 0.15) is 10.7 Å². The molecule has 16 heavy (non-hydrogen) atoms. The van der Waals surface area contributed by atoms with Gasteiger partial charge in [0.05, 0.1) is 5.01 Å². The summed E-state index contributed by atoms with van der Waals surface area (Å²) in [6.45, 7) is 1.98. The maximum atomic E-state index is 11.0. The number of carbonyl (C=O) groups excluding carboxylic acids is 1. The van der Waals surface area contributed by atoms with Gasteiger partial charge in [0.1, 0.15) is 6.54 Å². The van der Waals surface area contributed by atoms with Crippen LogP contribution in [0.2, 0.25) is 0 Å². The van der Waals surface area contributed by atoms with E-state index in [9.17, 15) is 9.59 Å². The lowest BCUT2D eigenvalue weighted by Gasteiger charge is -2.03. The predicted octanol–water partition coefficient (Wildman–Crippen LogP) is 0.378. The molecule has 2 amide bonds. The van der Waals surface area contributed by atoms with Crippen molar-refractivity contribution in [3.63, 3.8) is 0 Å². The lowest BCUT2D eigenvalue weighted by atomic mass is 10.4. The van der Waals surface area contributed by atoms with Crippen LogP contribution in [0, 0.1) is 6.92 Å². The van der Waals surface area contributed by atoms with Gasteiger partial charge in [-0.15, -0.1) is 11.3 Å². The first kappa shape index (κ1) is 12.4. The smallest absolute Gasteiger partial charge is 0.323 e. The fraction of sp³-hybridized carbons (Fsp3) is 0.444. The van der Waals surface area contributed by atoms with E-state index < -0.39 is 12.0 Å². The van der Waals surface area contributed by atoms with Crippen molar-refractivity contribution in [2.75, 3.05) is 13.1 Å². The highest BCUT2D eigenvalue weighted by Crippen LogP contribution is 2.08. The predicted molar refractivity (Wildman–Crippen MR) is 59.6 cm³/mol. The van der Waals surface area contributed by atoms with Gasteiger partial charge >= 0.3 is 12.0 Å². The van der Waals surface area contributed by atoms with Gasteiger partial charge in [-0.2, -0.15) is 0 Å². The van der Waals surface area contributed by atoms with Crippen LogP contribution in [0.15, 0.2) is 5.38 Å². The van der Waals surface area contributed by atoms with Crippen LogP contribution in [0.3, 0.4) is 0 Å². The molecule has 0 aromatic carbocycles. The Morgan fingerprint density at radius 2 is 2.25 bits per heavy atom. The van der Waals surface area contributed by atoms with Gasteiger partial charge in [0, 0.05) is 24.0 Å². The third-order valence-corrected chi connectivity index (χ3v) is 2.72. The number of carbonyl (C=O) groups is 2. The number of aliphatic carboxylic acids is 1. The van der Waals surface area contributed by atoms with E-state index in [2.05, 4.69) is 15.6 Å². The van der Waals surface area contributed by atoms with Gasteiger partial charge in [0.25, 0.3) is 0 Å². The molecule has 1 rings (SSSR count). The molecule has 0 unspecified atom stereocenters. The summed E-state index contributed by atoms with van der Waals surface area (Å²) in [5, 5.41) is 16.0. The Kier molecular flexibility index (Phi) is 4.71. The van der Waals surface area contributed by atoms with Crippen molar-refractivity contribution in [3.05, 3.63) is 16.1 Å². The first-order valence-electron chi connectivity index (χ1n) is 4.72. The molecule has 0 spiro atoms. The fourth-order valence-corrected chi connectivity index (χ4v) is 1.79. The van der Waals surface area contributed by atoms with Crippen LogP contribution in [-0.2, 0) is 11.2 Å². The SMILES string of the molecule is Cc1csc(CCNC(=O)NCC(=O)O)n1. The van der Waals surface area contributed by atoms with E-state index >= 15 is 0 Å². The minimum atomic E-state index is -1.06. The van der Waals surface area contributed by atoms with Crippen molar-refractivity contribution in [2.24, 2.45) is 0 Å². The lowest BCUT2D eigenvalue weighted by molar-refractivity contribution is -0.135. The maximum Gasteiger partial charge on any atom is 0.323 e. The molecule has 0 aliphatic heterocycles. The van der Waals surface area contributed by atoms with Crippen LogP contribution < -0.4 is 10.6 Å². The molecule has 0 fully saturated rings. The van der Waals surface area contributed by atoms with E-state index in [0.29, 0.717) is 13.0 Å². The zero-order chi connectivity index (χ0) is 12.0. The van der Waals surface area contributed by atoms with Crippen molar-refractivity contribution in [2.45, 2.75) is 13.3 Å². The van der Waals surface area contributed by atoms with Crippen molar-refractivity contribution < 1.29 is 14.7 Å². The van der Waals surface area contributed by atoms with Crippen molar-refractivity contribution in [3.8, 4) is 0 Å². The normalized spacial score (nSPS) is 9.81. The zero-order valence-corrected chi connectivity index (χ0v) is 9.63. The molecule has 7 heteroatoms. The number of rotatable bonds is 5. The molecule has 3 N–H and O–H groups in total. The van der Waals surface area contributed by atoms with Crippen LogP contribution in [-0.4, -0.2) is 35.2 Å². The number of hydrogen-bond donors (Lipinski definition) is 3. The summed E-state index contributed by atoms with van der Waals surface area (Å²) < 4.78 is 0. The molecule has 0 aliphatic rings.